The summed E-state index contributed by atoms with van der Waals surface area (Å²) in [6.45, 7) is 1.91. The quantitative estimate of drug-likeness (QED) is 0.599. The van der Waals surface area contributed by atoms with E-state index in [1.807, 2.05) is 24.3 Å². The first kappa shape index (κ1) is 10.1. The highest BCUT2D eigenvalue weighted by atomic mass is 16.6. The van der Waals surface area contributed by atoms with Crippen LogP contribution < -0.4 is 10.1 Å². The first-order valence-corrected chi connectivity index (χ1v) is 5.48. The summed E-state index contributed by atoms with van der Waals surface area (Å²) in [6, 6.07) is 7.65. The molecule has 3 atom stereocenters. The molecule has 0 amide bonds. The molecule has 4 nitrogen and oxygen atoms in total. The predicted molar refractivity (Wildman–Crippen MR) is 58.0 cm³/mol. The van der Waals surface area contributed by atoms with Crippen molar-refractivity contribution in [2.45, 2.75) is 30.8 Å². The van der Waals surface area contributed by atoms with E-state index in [-0.39, 0.29) is 6.04 Å². The van der Waals surface area contributed by atoms with Crippen LogP contribution in [0.15, 0.2) is 24.3 Å². The lowest BCUT2D eigenvalue weighted by atomic mass is 9.80. The van der Waals surface area contributed by atoms with Crippen LogP contribution in [0.25, 0.3) is 0 Å². The molecule has 2 heterocycles. The molecule has 0 saturated carbocycles. The third kappa shape index (κ3) is 1.21. The fourth-order valence-electron chi connectivity index (χ4n) is 2.44. The smallest absolute Gasteiger partial charge is 0.239 e. The highest BCUT2D eigenvalue weighted by Crippen LogP contribution is 2.45. The number of aliphatic hydroxyl groups is 2. The van der Waals surface area contributed by atoms with Crippen molar-refractivity contribution in [1.29, 1.82) is 0 Å². The zero-order valence-corrected chi connectivity index (χ0v) is 9.10. The number of β-amino-alcohol motifs (C(OH)–C–C–N with tert-alkyl or cyclic N) is 1. The lowest BCUT2D eigenvalue weighted by Crippen LogP contribution is -2.67. The number of benzene rings is 1. The molecule has 1 aromatic carbocycles. The van der Waals surface area contributed by atoms with Crippen LogP contribution in [0.5, 0.6) is 5.75 Å². The minimum Gasteiger partial charge on any atom is -0.459 e. The third-order valence-corrected chi connectivity index (χ3v) is 3.59. The molecule has 2 aliphatic heterocycles. The van der Waals surface area contributed by atoms with Gasteiger partial charge in [-0.15, -0.1) is 0 Å². The molecule has 1 fully saturated rings. The second kappa shape index (κ2) is 2.97. The van der Waals surface area contributed by atoms with Crippen molar-refractivity contribution in [3.63, 3.8) is 0 Å². The number of ether oxygens (including phenoxy) is 1. The van der Waals surface area contributed by atoms with Crippen LogP contribution in [0.3, 0.4) is 0 Å². The summed E-state index contributed by atoms with van der Waals surface area (Å²) in [6.07, 6.45) is 0.372. The Labute approximate surface area is 93.9 Å². The number of fused-ring (bicyclic) bond motifs is 4. The van der Waals surface area contributed by atoms with E-state index in [1.165, 1.54) is 0 Å². The van der Waals surface area contributed by atoms with Gasteiger partial charge in [-0.1, -0.05) is 18.2 Å². The normalized spacial score (nSPS) is 41.1. The molecular weight excluding hydrogens is 206 g/mol. The molecular formula is C12H15NO3. The molecule has 2 bridgehead atoms. The molecule has 0 aliphatic carbocycles. The van der Waals surface area contributed by atoms with Crippen LogP contribution in [0.2, 0.25) is 0 Å². The van der Waals surface area contributed by atoms with Crippen LogP contribution in [0.1, 0.15) is 24.9 Å². The van der Waals surface area contributed by atoms with Crippen LogP contribution >= 0.6 is 0 Å². The second-order valence-corrected chi connectivity index (χ2v) is 4.84. The van der Waals surface area contributed by atoms with Gasteiger partial charge in [0.2, 0.25) is 5.79 Å². The molecule has 86 valence electrons. The van der Waals surface area contributed by atoms with Gasteiger partial charge in [-0.2, -0.15) is 0 Å². The fraction of sp³-hybridized carbons (Fsp3) is 0.500. The third-order valence-electron chi connectivity index (χ3n) is 3.59. The maximum atomic E-state index is 10.4. The van der Waals surface area contributed by atoms with Crippen LogP contribution in [0, 0.1) is 0 Å². The molecule has 0 unspecified atom stereocenters. The maximum Gasteiger partial charge on any atom is 0.239 e. The molecule has 0 spiro atoms. The number of piperidine rings is 1. The fourth-order valence-corrected chi connectivity index (χ4v) is 2.44. The molecule has 16 heavy (non-hydrogen) atoms. The zero-order chi connectivity index (χ0) is 11.4. The van der Waals surface area contributed by atoms with Crippen molar-refractivity contribution in [3.05, 3.63) is 29.8 Å². The summed E-state index contributed by atoms with van der Waals surface area (Å²) in [4.78, 5) is 0. The molecule has 4 heteroatoms. The first-order chi connectivity index (χ1) is 7.52. The van der Waals surface area contributed by atoms with E-state index >= 15 is 0 Å². The van der Waals surface area contributed by atoms with Crippen LogP contribution in [-0.4, -0.2) is 28.1 Å². The van der Waals surface area contributed by atoms with E-state index in [0.717, 1.165) is 5.56 Å². The molecule has 2 aliphatic rings. The van der Waals surface area contributed by atoms with Gasteiger partial charge in [-0.05, 0) is 13.0 Å². The van der Waals surface area contributed by atoms with Gasteiger partial charge in [0.25, 0.3) is 0 Å². The van der Waals surface area contributed by atoms with Crippen molar-refractivity contribution in [2.24, 2.45) is 0 Å². The number of nitrogens with one attached hydrogen (secondary N) is 1. The average molecular weight is 221 g/mol. The Morgan fingerprint density at radius 1 is 1.38 bits per heavy atom. The highest BCUT2D eigenvalue weighted by Gasteiger charge is 2.55. The first-order valence-electron chi connectivity index (χ1n) is 5.48. The number of rotatable bonds is 0. The van der Waals surface area contributed by atoms with Crippen molar-refractivity contribution >= 4 is 0 Å². The van der Waals surface area contributed by atoms with Crippen molar-refractivity contribution in [3.8, 4) is 5.75 Å². The zero-order valence-electron chi connectivity index (χ0n) is 9.10. The summed E-state index contributed by atoms with van der Waals surface area (Å²) >= 11 is 0. The lowest BCUT2D eigenvalue weighted by molar-refractivity contribution is -0.275. The largest absolute Gasteiger partial charge is 0.459 e. The van der Waals surface area contributed by atoms with Crippen molar-refractivity contribution in [2.75, 3.05) is 6.54 Å². The second-order valence-electron chi connectivity index (χ2n) is 4.84. The summed E-state index contributed by atoms with van der Waals surface area (Å²) in [5.41, 5.74) is -0.223. The summed E-state index contributed by atoms with van der Waals surface area (Å²) in [5.74, 6) is -0.842. The summed E-state index contributed by atoms with van der Waals surface area (Å²) < 4.78 is 5.57. The van der Waals surface area contributed by atoms with Crippen molar-refractivity contribution in [1.82, 2.24) is 5.32 Å². The summed E-state index contributed by atoms with van der Waals surface area (Å²) in [7, 11) is 0. The van der Waals surface area contributed by atoms with Crippen LogP contribution in [0.4, 0.5) is 0 Å². The van der Waals surface area contributed by atoms with Gasteiger partial charge < -0.3 is 20.3 Å². The minimum atomic E-state index is -1.49. The topological polar surface area (TPSA) is 61.7 Å². The van der Waals surface area contributed by atoms with Gasteiger partial charge in [0.05, 0.1) is 0 Å². The monoisotopic (exact) mass is 221 g/mol. The predicted octanol–water partition coefficient (Wildman–Crippen LogP) is 0.553. The van der Waals surface area contributed by atoms with Gasteiger partial charge in [0.15, 0.2) is 0 Å². The highest BCUT2D eigenvalue weighted by molar-refractivity contribution is 5.40. The minimum absolute atomic E-state index is 0.0511. The Hall–Kier alpha value is -1.10. The number of para-hydroxylation sites is 1. The molecule has 1 aromatic rings. The van der Waals surface area contributed by atoms with E-state index in [0.29, 0.717) is 18.7 Å². The molecule has 1 saturated heterocycles. The average Bonchev–Trinajstić information content (AvgIpc) is 2.24. The van der Waals surface area contributed by atoms with Gasteiger partial charge >= 0.3 is 0 Å². The number of hydrogen-bond acceptors (Lipinski definition) is 4. The lowest BCUT2D eigenvalue weighted by Gasteiger charge is -2.50. The SMILES string of the molecule is C[C@]1(O)CN[C@H]2C[C@@]1(O)Oc1ccccc12. The van der Waals surface area contributed by atoms with E-state index in [2.05, 4.69) is 5.32 Å². The Bertz CT molecular complexity index is 432. The maximum absolute atomic E-state index is 10.4. The van der Waals surface area contributed by atoms with Gasteiger partial charge in [-0.25, -0.2) is 0 Å². The van der Waals surface area contributed by atoms with Gasteiger partial charge in [0.1, 0.15) is 11.4 Å². The Kier molecular flexibility index (Phi) is 1.87. The molecule has 0 aromatic heterocycles. The Morgan fingerprint density at radius 3 is 2.94 bits per heavy atom. The Morgan fingerprint density at radius 2 is 2.12 bits per heavy atom. The van der Waals surface area contributed by atoms with E-state index < -0.39 is 11.4 Å². The Balaban J connectivity index is 2.09. The van der Waals surface area contributed by atoms with E-state index in [4.69, 9.17) is 4.74 Å². The summed E-state index contributed by atoms with van der Waals surface area (Å²) in [5, 5.41) is 23.7. The van der Waals surface area contributed by atoms with Crippen LogP contribution in [-0.2, 0) is 0 Å². The van der Waals surface area contributed by atoms with Crippen molar-refractivity contribution < 1.29 is 14.9 Å². The molecule has 0 radical (unpaired) electrons. The van der Waals surface area contributed by atoms with E-state index in [1.54, 1.807) is 6.92 Å². The number of hydrogen-bond donors (Lipinski definition) is 3. The van der Waals surface area contributed by atoms with E-state index in [9.17, 15) is 10.2 Å². The standard InChI is InChI=1S/C12H15NO3/c1-11(14)7-13-9-6-12(11,15)16-10-5-3-2-4-8(9)10/h2-5,9,13-15H,6-7H2,1H3/t9-,11-,12+/m0/s1. The molecule has 3 N–H and O–H groups in total. The van der Waals surface area contributed by atoms with Gasteiger partial charge in [-0.3, -0.25) is 0 Å². The molecule has 3 rings (SSSR count). The van der Waals surface area contributed by atoms with Gasteiger partial charge in [0, 0.05) is 24.6 Å².